The van der Waals surface area contributed by atoms with E-state index < -0.39 is 0 Å². The van der Waals surface area contributed by atoms with Crippen molar-refractivity contribution in [2.75, 3.05) is 13.6 Å². The Labute approximate surface area is 107 Å². The van der Waals surface area contributed by atoms with E-state index in [1.165, 1.54) is 4.88 Å². The highest BCUT2D eigenvalue weighted by molar-refractivity contribution is 9.10. The molecule has 2 aromatic rings. The number of nitrogens with zero attached hydrogens (tertiary/aromatic N) is 2. The fourth-order valence-electron chi connectivity index (χ4n) is 1.34. The summed E-state index contributed by atoms with van der Waals surface area (Å²) < 4.78 is 0.958. The van der Waals surface area contributed by atoms with E-state index in [0.29, 0.717) is 0 Å². The van der Waals surface area contributed by atoms with Crippen molar-refractivity contribution in [3.05, 3.63) is 34.0 Å². The van der Waals surface area contributed by atoms with Crippen LogP contribution in [0.25, 0.3) is 10.6 Å². The smallest absolute Gasteiger partial charge is 0.125 e. The predicted octanol–water partition coefficient (Wildman–Crippen LogP) is 2.73. The number of halogens is 1. The van der Waals surface area contributed by atoms with Crippen molar-refractivity contribution >= 4 is 27.3 Å². The van der Waals surface area contributed by atoms with Gasteiger partial charge in [0.05, 0.1) is 0 Å². The molecule has 5 heteroatoms. The van der Waals surface area contributed by atoms with Gasteiger partial charge in [-0.2, -0.15) is 0 Å². The largest absolute Gasteiger partial charge is 0.319 e. The fraction of sp³-hybridized carbons (Fsp3) is 0.273. The maximum absolute atomic E-state index is 4.51. The number of rotatable bonds is 4. The molecule has 1 N–H and O–H groups in total. The zero-order valence-corrected chi connectivity index (χ0v) is 11.3. The highest BCUT2D eigenvalue weighted by atomic mass is 79.9. The third-order valence-electron chi connectivity index (χ3n) is 2.18. The van der Waals surface area contributed by atoms with Crippen molar-refractivity contribution in [3.63, 3.8) is 0 Å². The van der Waals surface area contributed by atoms with Crippen molar-refractivity contribution in [3.8, 4) is 10.6 Å². The minimum absolute atomic E-state index is 0.958. The van der Waals surface area contributed by atoms with E-state index in [0.717, 1.165) is 28.1 Å². The van der Waals surface area contributed by atoms with Crippen molar-refractivity contribution in [2.24, 2.45) is 0 Å². The molecule has 0 bridgehead atoms. The summed E-state index contributed by atoms with van der Waals surface area (Å²) in [4.78, 5) is 9.80. The fourth-order valence-corrected chi connectivity index (χ4v) is 3.04. The summed E-state index contributed by atoms with van der Waals surface area (Å²) in [7, 11) is 1.96. The van der Waals surface area contributed by atoms with Crippen molar-refractivity contribution in [1.29, 1.82) is 0 Å². The second-order valence-electron chi connectivity index (χ2n) is 3.32. The molecule has 3 nitrogen and oxygen atoms in total. The van der Waals surface area contributed by atoms with Gasteiger partial charge in [-0.25, -0.2) is 4.98 Å². The van der Waals surface area contributed by atoms with Crippen LogP contribution in [0.1, 0.15) is 4.88 Å². The Morgan fingerprint density at radius 2 is 2.12 bits per heavy atom. The van der Waals surface area contributed by atoms with Crippen LogP contribution in [-0.4, -0.2) is 23.6 Å². The lowest BCUT2D eigenvalue weighted by Gasteiger charge is -1.95. The van der Waals surface area contributed by atoms with Gasteiger partial charge in [-0.1, -0.05) is 0 Å². The summed E-state index contributed by atoms with van der Waals surface area (Å²) in [5, 5.41) is 4.18. The third-order valence-corrected chi connectivity index (χ3v) is 4.26. The Kier molecular flexibility index (Phi) is 4.04. The molecule has 0 spiro atoms. The quantitative estimate of drug-likeness (QED) is 0.943. The number of hydrogen-bond donors (Lipinski definition) is 1. The topological polar surface area (TPSA) is 37.8 Å². The number of thiazole rings is 1. The van der Waals surface area contributed by atoms with Gasteiger partial charge in [0.25, 0.3) is 0 Å². The van der Waals surface area contributed by atoms with Gasteiger partial charge in [0.15, 0.2) is 0 Å². The highest BCUT2D eigenvalue weighted by Crippen LogP contribution is 2.30. The molecule has 0 atom stereocenters. The SMILES string of the molecule is CNCCc1sc(-c2ccncc2)nc1Br. The lowest BCUT2D eigenvalue weighted by atomic mass is 10.3. The number of nitrogens with one attached hydrogen (secondary N) is 1. The first-order valence-corrected chi connectivity index (χ1v) is 6.62. The number of pyridine rings is 1. The van der Waals surface area contributed by atoms with Gasteiger partial charge < -0.3 is 5.32 Å². The zero-order valence-electron chi connectivity index (χ0n) is 8.90. The van der Waals surface area contributed by atoms with Crippen LogP contribution in [0, 0.1) is 0 Å². The van der Waals surface area contributed by atoms with Crippen LogP contribution in [0.2, 0.25) is 0 Å². The molecule has 2 heterocycles. The Morgan fingerprint density at radius 1 is 1.38 bits per heavy atom. The highest BCUT2D eigenvalue weighted by Gasteiger charge is 2.09. The molecular weight excluding hydrogens is 286 g/mol. The van der Waals surface area contributed by atoms with E-state index in [9.17, 15) is 0 Å². The van der Waals surface area contributed by atoms with Crippen LogP contribution in [0.15, 0.2) is 29.1 Å². The van der Waals surface area contributed by atoms with Crippen LogP contribution in [-0.2, 0) is 6.42 Å². The van der Waals surface area contributed by atoms with Gasteiger partial charge >= 0.3 is 0 Å². The summed E-state index contributed by atoms with van der Waals surface area (Å²) in [5.74, 6) is 0. The Bertz CT molecular complexity index is 456. The minimum Gasteiger partial charge on any atom is -0.319 e. The molecule has 0 unspecified atom stereocenters. The Balaban J connectivity index is 2.24. The normalized spacial score (nSPS) is 10.6. The van der Waals surface area contributed by atoms with Gasteiger partial charge in [0.2, 0.25) is 0 Å². The predicted molar refractivity (Wildman–Crippen MR) is 70.7 cm³/mol. The molecule has 16 heavy (non-hydrogen) atoms. The third kappa shape index (κ3) is 2.66. The average Bonchev–Trinajstić information content (AvgIpc) is 2.69. The summed E-state index contributed by atoms with van der Waals surface area (Å²) in [6, 6.07) is 3.96. The van der Waals surface area contributed by atoms with Crippen LogP contribution < -0.4 is 5.32 Å². The molecule has 0 amide bonds. The standard InChI is InChI=1S/C11H12BrN3S/c1-13-5-4-9-10(12)15-11(16-9)8-2-6-14-7-3-8/h2-3,6-7,13H,4-5H2,1H3. The molecule has 2 rings (SSSR count). The van der Waals surface area contributed by atoms with Crippen LogP contribution >= 0.6 is 27.3 Å². The van der Waals surface area contributed by atoms with Crippen molar-refractivity contribution < 1.29 is 0 Å². The molecule has 0 aromatic carbocycles. The summed E-state index contributed by atoms with van der Waals surface area (Å²) in [6.45, 7) is 0.969. The second kappa shape index (κ2) is 5.52. The van der Waals surface area contributed by atoms with E-state index in [2.05, 4.69) is 31.2 Å². The first-order valence-electron chi connectivity index (χ1n) is 5.01. The van der Waals surface area contributed by atoms with E-state index in [1.54, 1.807) is 23.7 Å². The number of aromatic nitrogens is 2. The Morgan fingerprint density at radius 3 is 2.81 bits per heavy atom. The van der Waals surface area contributed by atoms with Crippen molar-refractivity contribution in [1.82, 2.24) is 15.3 Å². The summed E-state index contributed by atoms with van der Waals surface area (Å²) in [6.07, 6.45) is 4.58. The van der Waals surface area contributed by atoms with E-state index >= 15 is 0 Å². The molecule has 0 saturated carbocycles. The average molecular weight is 298 g/mol. The molecular formula is C11H12BrN3S. The molecule has 0 radical (unpaired) electrons. The molecule has 2 aromatic heterocycles. The van der Waals surface area contributed by atoms with E-state index in [1.807, 2.05) is 19.2 Å². The zero-order chi connectivity index (χ0) is 11.4. The molecule has 0 aliphatic rings. The second-order valence-corrected chi connectivity index (χ2v) is 5.16. The maximum atomic E-state index is 4.51. The lowest BCUT2D eigenvalue weighted by molar-refractivity contribution is 0.796. The minimum atomic E-state index is 0.958. The molecule has 0 aliphatic carbocycles. The van der Waals surface area contributed by atoms with E-state index in [4.69, 9.17) is 0 Å². The lowest BCUT2D eigenvalue weighted by Crippen LogP contribution is -2.09. The van der Waals surface area contributed by atoms with Crippen molar-refractivity contribution in [2.45, 2.75) is 6.42 Å². The van der Waals surface area contributed by atoms with Gasteiger partial charge in [0, 0.05) is 22.8 Å². The Hall–Kier alpha value is -0.780. The van der Waals surface area contributed by atoms with Gasteiger partial charge in [0.1, 0.15) is 9.61 Å². The summed E-state index contributed by atoms with van der Waals surface area (Å²) >= 11 is 5.23. The van der Waals surface area contributed by atoms with Gasteiger partial charge in [-0.3, -0.25) is 4.98 Å². The van der Waals surface area contributed by atoms with Gasteiger partial charge in [-0.15, -0.1) is 11.3 Å². The maximum Gasteiger partial charge on any atom is 0.125 e. The van der Waals surface area contributed by atoms with Crippen LogP contribution in [0.4, 0.5) is 0 Å². The monoisotopic (exact) mass is 297 g/mol. The number of hydrogen-bond acceptors (Lipinski definition) is 4. The molecule has 84 valence electrons. The number of likely N-dealkylation sites (N-methyl/N-ethyl adjacent to an activating group) is 1. The first kappa shape index (κ1) is 11.7. The molecule has 0 saturated heterocycles. The first-order chi connectivity index (χ1) is 7.81. The summed E-state index contributed by atoms with van der Waals surface area (Å²) in [5.41, 5.74) is 1.12. The van der Waals surface area contributed by atoms with E-state index in [-0.39, 0.29) is 0 Å². The van der Waals surface area contributed by atoms with Crippen LogP contribution in [0.5, 0.6) is 0 Å². The molecule has 0 fully saturated rings. The van der Waals surface area contributed by atoms with Crippen LogP contribution in [0.3, 0.4) is 0 Å². The van der Waals surface area contributed by atoms with Gasteiger partial charge in [-0.05, 0) is 48.1 Å². The molecule has 0 aliphatic heterocycles.